The van der Waals surface area contributed by atoms with Crippen LogP contribution in [0.15, 0.2) is 66.7 Å². The number of fused-ring (bicyclic) bond motifs is 3. The fraction of sp³-hybridized carbons (Fsp3) is 0.355. The second-order valence-corrected chi connectivity index (χ2v) is 10.8. The molecule has 38 heavy (non-hydrogen) atoms. The molecule has 198 valence electrons. The fourth-order valence-corrected chi connectivity index (χ4v) is 5.15. The Morgan fingerprint density at radius 3 is 2.16 bits per heavy atom. The molecule has 1 aliphatic carbocycles. The van der Waals surface area contributed by atoms with Crippen LogP contribution in [0, 0.1) is 0 Å². The van der Waals surface area contributed by atoms with Gasteiger partial charge in [-0.2, -0.15) is 0 Å². The van der Waals surface area contributed by atoms with Gasteiger partial charge < -0.3 is 19.7 Å². The minimum absolute atomic E-state index is 0.0238. The Morgan fingerprint density at radius 1 is 0.947 bits per heavy atom. The quantitative estimate of drug-likeness (QED) is 0.459. The summed E-state index contributed by atoms with van der Waals surface area (Å²) in [7, 11) is 1.68. The minimum atomic E-state index is -0.624. The molecule has 1 aliphatic heterocycles. The second-order valence-electron chi connectivity index (χ2n) is 10.8. The summed E-state index contributed by atoms with van der Waals surface area (Å²) in [4.78, 5) is 29.9. The topological polar surface area (TPSA) is 71.1 Å². The molecule has 1 heterocycles. The third-order valence-corrected chi connectivity index (χ3v) is 7.02. The van der Waals surface area contributed by atoms with Gasteiger partial charge in [0.15, 0.2) is 0 Å². The van der Waals surface area contributed by atoms with Crippen LogP contribution in [0.25, 0.3) is 11.1 Å². The molecule has 1 fully saturated rings. The Hall–Kier alpha value is -3.84. The summed E-state index contributed by atoms with van der Waals surface area (Å²) in [6.07, 6.45) is -0.473. The van der Waals surface area contributed by atoms with E-state index < -0.39 is 17.7 Å². The van der Waals surface area contributed by atoms with E-state index in [1.807, 2.05) is 57.2 Å². The molecule has 2 aliphatic rings. The van der Waals surface area contributed by atoms with Crippen molar-refractivity contribution < 1.29 is 19.1 Å². The average molecular weight is 514 g/mol. The molecule has 3 aromatic carbocycles. The third kappa shape index (κ3) is 5.38. The van der Waals surface area contributed by atoms with E-state index in [0.29, 0.717) is 11.3 Å². The summed E-state index contributed by atoms with van der Waals surface area (Å²) >= 11 is 0. The second kappa shape index (κ2) is 10.5. The van der Waals surface area contributed by atoms with Crippen molar-refractivity contribution in [2.75, 3.05) is 49.6 Å². The minimum Gasteiger partial charge on any atom is -0.456 e. The summed E-state index contributed by atoms with van der Waals surface area (Å²) in [5, 5.41) is 3.35. The number of carbonyl (C=O) groups is 2. The first-order valence-corrected chi connectivity index (χ1v) is 13.1. The van der Waals surface area contributed by atoms with Crippen LogP contribution in [0.5, 0.6) is 0 Å². The summed E-state index contributed by atoms with van der Waals surface area (Å²) in [6.45, 7) is 9.09. The van der Waals surface area contributed by atoms with Gasteiger partial charge in [-0.25, -0.2) is 9.59 Å². The Labute approximate surface area is 224 Å². The predicted octanol–water partition coefficient (Wildman–Crippen LogP) is 5.44. The molecule has 7 heteroatoms. The zero-order chi connectivity index (χ0) is 26.9. The fourth-order valence-electron chi connectivity index (χ4n) is 5.15. The maximum absolute atomic E-state index is 13.3. The standard InChI is InChI=1S/C31H35N3O4/c1-31(2,3)38-29(35)21-17-22(19-23(18-21)34-15-13-32-14-16-34)33(4)30(36)37-20-28-26-11-7-5-9-24(26)25-10-6-8-12-27(25)28/h5-12,17-19,28,32H,13-16,20H2,1-4H3. The summed E-state index contributed by atoms with van der Waals surface area (Å²) in [5.74, 6) is -0.444. The van der Waals surface area contributed by atoms with Crippen molar-refractivity contribution >= 4 is 23.4 Å². The molecule has 1 amide bonds. The van der Waals surface area contributed by atoms with E-state index in [1.165, 1.54) is 16.0 Å². The average Bonchev–Trinajstić information content (AvgIpc) is 3.24. The number of anilines is 2. The van der Waals surface area contributed by atoms with Crippen LogP contribution in [-0.4, -0.2) is 57.5 Å². The molecule has 0 atom stereocenters. The van der Waals surface area contributed by atoms with Gasteiger partial charge in [0.2, 0.25) is 0 Å². The van der Waals surface area contributed by atoms with E-state index in [9.17, 15) is 9.59 Å². The largest absolute Gasteiger partial charge is 0.456 e. The van der Waals surface area contributed by atoms with Gasteiger partial charge in [-0.05, 0) is 61.2 Å². The van der Waals surface area contributed by atoms with E-state index in [0.717, 1.165) is 43.0 Å². The van der Waals surface area contributed by atoms with Crippen LogP contribution >= 0.6 is 0 Å². The lowest BCUT2D eigenvalue weighted by molar-refractivity contribution is 0.00694. The third-order valence-electron chi connectivity index (χ3n) is 7.02. The highest BCUT2D eigenvalue weighted by Crippen LogP contribution is 2.44. The number of ether oxygens (including phenoxy) is 2. The molecule has 5 rings (SSSR count). The normalized spacial score (nSPS) is 15.0. The number of carbonyl (C=O) groups excluding carboxylic acids is 2. The van der Waals surface area contributed by atoms with Crippen molar-refractivity contribution in [1.29, 1.82) is 0 Å². The van der Waals surface area contributed by atoms with Crippen molar-refractivity contribution in [3.8, 4) is 11.1 Å². The lowest BCUT2D eigenvalue weighted by Gasteiger charge is -2.31. The SMILES string of the molecule is CN(C(=O)OCC1c2ccccc2-c2ccccc21)c1cc(C(=O)OC(C)(C)C)cc(N2CCNCC2)c1. The molecule has 1 saturated heterocycles. The first-order chi connectivity index (χ1) is 18.2. The van der Waals surface area contributed by atoms with Crippen LogP contribution in [0.2, 0.25) is 0 Å². The molecule has 0 unspecified atom stereocenters. The zero-order valence-corrected chi connectivity index (χ0v) is 22.5. The van der Waals surface area contributed by atoms with Crippen molar-refractivity contribution in [1.82, 2.24) is 5.32 Å². The Bertz CT molecular complexity index is 1300. The Kier molecular flexibility index (Phi) is 7.13. The van der Waals surface area contributed by atoms with Gasteiger partial charge in [0, 0.05) is 50.5 Å². The maximum atomic E-state index is 13.3. The zero-order valence-electron chi connectivity index (χ0n) is 22.5. The van der Waals surface area contributed by atoms with Crippen molar-refractivity contribution in [2.45, 2.75) is 32.3 Å². The van der Waals surface area contributed by atoms with E-state index in [4.69, 9.17) is 9.47 Å². The molecular formula is C31H35N3O4. The van der Waals surface area contributed by atoms with Crippen molar-refractivity contribution in [3.05, 3.63) is 83.4 Å². The van der Waals surface area contributed by atoms with Gasteiger partial charge in [-0.1, -0.05) is 48.5 Å². The smallest absolute Gasteiger partial charge is 0.414 e. The summed E-state index contributed by atoms with van der Waals surface area (Å²) < 4.78 is 11.5. The number of nitrogens with one attached hydrogen (secondary N) is 1. The van der Waals surface area contributed by atoms with E-state index >= 15 is 0 Å². The predicted molar refractivity (Wildman–Crippen MR) is 150 cm³/mol. The number of amides is 1. The lowest BCUT2D eigenvalue weighted by Crippen LogP contribution is -2.43. The van der Waals surface area contributed by atoms with Crippen molar-refractivity contribution in [3.63, 3.8) is 0 Å². The number of hydrogen-bond acceptors (Lipinski definition) is 6. The number of benzene rings is 3. The monoisotopic (exact) mass is 513 g/mol. The van der Waals surface area contributed by atoms with Crippen LogP contribution in [0.4, 0.5) is 16.2 Å². The van der Waals surface area contributed by atoms with Gasteiger partial charge in [-0.15, -0.1) is 0 Å². The molecule has 0 spiro atoms. The van der Waals surface area contributed by atoms with Crippen LogP contribution in [0.3, 0.4) is 0 Å². The van der Waals surface area contributed by atoms with Gasteiger partial charge in [0.05, 0.1) is 5.56 Å². The number of nitrogens with zero attached hydrogens (tertiary/aromatic N) is 2. The Balaban J connectivity index is 1.37. The number of hydrogen-bond donors (Lipinski definition) is 1. The molecule has 0 radical (unpaired) electrons. The van der Waals surface area contributed by atoms with Gasteiger partial charge >= 0.3 is 12.1 Å². The van der Waals surface area contributed by atoms with Crippen LogP contribution < -0.4 is 15.1 Å². The number of piperazine rings is 1. The highest BCUT2D eigenvalue weighted by atomic mass is 16.6. The van der Waals surface area contributed by atoms with E-state index in [-0.39, 0.29) is 12.5 Å². The highest BCUT2D eigenvalue weighted by molar-refractivity contribution is 5.95. The summed E-state index contributed by atoms with van der Waals surface area (Å²) in [5.41, 5.74) is 5.94. The molecular weight excluding hydrogens is 478 g/mol. The van der Waals surface area contributed by atoms with E-state index in [1.54, 1.807) is 13.1 Å². The van der Waals surface area contributed by atoms with Crippen LogP contribution in [0.1, 0.15) is 48.2 Å². The molecule has 0 saturated carbocycles. The number of esters is 1. The first-order valence-electron chi connectivity index (χ1n) is 13.1. The van der Waals surface area contributed by atoms with Crippen LogP contribution in [-0.2, 0) is 9.47 Å². The van der Waals surface area contributed by atoms with Gasteiger partial charge in [0.25, 0.3) is 0 Å². The number of rotatable bonds is 5. The lowest BCUT2D eigenvalue weighted by atomic mass is 9.98. The summed E-state index contributed by atoms with van der Waals surface area (Å²) in [6, 6.07) is 22.0. The molecule has 7 nitrogen and oxygen atoms in total. The van der Waals surface area contributed by atoms with E-state index in [2.05, 4.69) is 34.5 Å². The molecule has 1 N–H and O–H groups in total. The van der Waals surface area contributed by atoms with Gasteiger partial charge in [-0.3, -0.25) is 4.90 Å². The first kappa shape index (κ1) is 25.8. The van der Waals surface area contributed by atoms with Gasteiger partial charge in [0.1, 0.15) is 12.2 Å². The maximum Gasteiger partial charge on any atom is 0.414 e. The molecule has 3 aromatic rings. The molecule has 0 aromatic heterocycles. The van der Waals surface area contributed by atoms with Crippen molar-refractivity contribution in [2.24, 2.45) is 0 Å². The Morgan fingerprint density at radius 2 is 1.55 bits per heavy atom. The molecule has 0 bridgehead atoms. The highest BCUT2D eigenvalue weighted by Gasteiger charge is 2.30.